The fourth-order valence-corrected chi connectivity index (χ4v) is 4.05. The minimum absolute atomic E-state index is 0.0206. The van der Waals surface area contributed by atoms with E-state index in [0.29, 0.717) is 37.6 Å². The van der Waals surface area contributed by atoms with Crippen molar-refractivity contribution in [1.82, 2.24) is 19.4 Å². The minimum Gasteiger partial charge on any atom is -0.340 e. The SMILES string of the molecule is CC(=O)N1CCN(S(=O)(=O)c2c(C)n[nH]c2C)CC1. The molecular weight excluding hydrogens is 268 g/mol. The molecule has 1 N–H and O–H groups in total. The molecule has 1 saturated heterocycles. The van der Waals surface area contributed by atoms with Gasteiger partial charge in [-0.3, -0.25) is 9.89 Å². The molecule has 0 bridgehead atoms. The quantitative estimate of drug-likeness (QED) is 0.821. The zero-order chi connectivity index (χ0) is 14.2. The van der Waals surface area contributed by atoms with Gasteiger partial charge in [0.05, 0.1) is 11.4 Å². The molecular formula is C11H18N4O3S. The van der Waals surface area contributed by atoms with Gasteiger partial charge >= 0.3 is 0 Å². The minimum atomic E-state index is -3.53. The van der Waals surface area contributed by atoms with Crippen molar-refractivity contribution in [3.63, 3.8) is 0 Å². The predicted molar refractivity (Wildman–Crippen MR) is 69.1 cm³/mol. The van der Waals surface area contributed by atoms with Crippen LogP contribution in [0.1, 0.15) is 18.3 Å². The number of H-pyrrole nitrogens is 1. The van der Waals surface area contributed by atoms with Crippen LogP contribution < -0.4 is 0 Å². The lowest BCUT2D eigenvalue weighted by Gasteiger charge is -2.33. The molecule has 2 rings (SSSR count). The summed E-state index contributed by atoms with van der Waals surface area (Å²) in [6.45, 7) is 6.38. The van der Waals surface area contributed by atoms with Crippen LogP contribution in [0.2, 0.25) is 0 Å². The molecule has 1 aliphatic rings. The van der Waals surface area contributed by atoms with E-state index in [0.717, 1.165) is 0 Å². The molecule has 1 aromatic rings. The van der Waals surface area contributed by atoms with Crippen LogP contribution in [0.15, 0.2) is 4.90 Å². The Hall–Kier alpha value is -1.41. The van der Waals surface area contributed by atoms with Crippen molar-refractivity contribution in [2.24, 2.45) is 0 Å². The van der Waals surface area contributed by atoms with E-state index in [1.54, 1.807) is 18.7 Å². The van der Waals surface area contributed by atoms with Crippen molar-refractivity contribution in [2.75, 3.05) is 26.2 Å². The second kappa shape index (κ2) is 4.93. The third-order valence-electron chi connectivity index (χ3n) is 3.34. The largest absolute Gasteiger partial charge is 0.340 e. The summed E-state index contributed by atoms with van der Waals surface area (Å²) >= 11 is 0. The number of hydrogen-bond donors (Lipinski definition) is 1. The smallest absolute Gasteiger partial charge is 0.246 e. The summed E-state index contributed by atoms with van der Waals surface area (Å²) in [5, 5.41) is 6.61. The highest BCUT2D eigenvalue weighted by molar-refractivity contribution is 7.89. The highest BCUT2D eigenvalue weighted by Crippen LogP contribution is 2.22. The summed E-state index contributed by atoms with van der Waals surface area (Å²) in [7, 11) is -3.53. The fourth-order valence-electron chi connectivity index (χ4n) is 2.29. The normalized spacial score (nSPS) is 17.7. The van der Waals surface area contributed by atoms with Gasteiger partial charge in [-0.25, -0.2) is 8.42 Å². The van der Waals surface area contributed by atoms with Crippen LogP contribution >= 0.6 is 0 Å². The van der Waals surface area contributed by atoms with Gasteiger partial charge in [-0.15, -0.1) is 0 Å². The molecule has 0 aromatic carbocycles. The molecule has 1 amide bonds. The molecule has 0 aliphatic carbocycles. The van der Waals surface area contributed by atoms with E-state index in [1.165, 1.54) is 11.2 Å². The number of rotatable bonds is 2. The second-order valence-electron chi connectivity index (χ2n) is 4.67. The third kappa shape index (κ3) is 2.50. The number of carbonyl (C=O) groups is 1. The van der Waals surface area contributed by atoms with Gasteiger partial charge in [0.25, 0.3) is 0 Å². The topological polar surface area (TPSA) is 86.4 Å². The van der Waals surface area contributed by atoms with Crippen LogP contribution in [-0.2, 0) is 14.8 Å². The molecule has 7 nitrogen and oxygen atoms in total. The third-order valence-corrected chi connectivity index (χ3v) is 5.50. The van der Waals surface area contributed by atoms with Crippen LogP contribution in [0.25, 0.3) is 0 Å². The average Bonchev–Trinajstić information content (AvgIpc) is 2.69. The van der Waals surface area contributed by atoms with E-state index < -0.39 is 10.0 Å². The Morgan fingerprint density at radius 3 is 2.21 bits per heavy atom. The molecule has 19 heavy (non-hydrogen) atoms. The maximum absolute atomic E-state index is 12.5. The summed E-state index contributed by atoms with van der Waals surface area (Å²) in [6, 6.07) is 0. The first-order chi connectivity index (χ1) is 8.84. The summed E-state index contributed by atoms with van der Waals surface area (Å²) in [4.78, 5) is 13.1. The van der Waals surface area contributed by atoms with Gasteiger partial charge < -0.3 is 4.90 Å². The first kappa shape index (κ1) is 14.0. The lowest BCUT2D eigenvalue weighted by atomic mass is 10.3. The molecule has 0 radical (unpaired) electrons. The molecule has 0 spiro atoms. The van der Waals surface area contributed by atoms with Crippen molar-refractivity contribution in [1.29, 1.82) is 0 Å². The molecule has 1 aliphatic heterocycles. The molecule has 1 aromatic heterocycles. The number of aromatic amines is 1. The maximum atomic E-state index is 12.5. The Bertz CT molecular complexity index is 566. The molecule has 2 heterocycles. The zero-order valence-corrected chi connectivity index (χ0v) is 12.1. The van der Waals surface area contributed by atoms with Crippen molar-refractivity contribution in [2.45, 2.75) is 25.7 Å². The number of nitrogens with one attached hydrogen (secondary N) is 1. The molecule has 0 atom stereocenters. The molecule has 8 heteroatoms. The van der Waals surface area contributed by atoms with Crippen LogP contribution in [0.4, 0.5) is 0 Å². The number of aryl methyl sites for hydroxylation is 2. The summed E-state index contributed by atoms with van der Waals surface area (Å²) in [6.07, 6.45) is 0. The van der Waals surface area contributed by atoms with Gasteiger partial charge in [-0.1, -0.05) is 0 Å². The Morgan fingerprint density at radius 1 is 1.21 bits per heavy atom. The van der Waals surface area contributed by atoms with Gasteiger partial charge in [0.1, 0.15) is 4.90 Å². The van der Waals surface area contributed by atoms with Gasteiger partial charge in [-0.2, -0.15) is 9.40 Å². The summed E-state index contributed by atoms with van der Waals surface area (Å²) < 4.78 is 26.5. The lowest BCUT2D eigenvalue weighted by molar-refractivity contribution is -0.129. The number of carbonyl (C=O) groups excluding carboxylic acids is 1. The zero-order valence-electron chi connectivity index (χ0n) is 11.3. The standard InChI is InChI=1S/C11H18N4O3S/c1-8-11(9(2)13-12-8)19(17,18)15-6-4-14(5-7-15)10(3)16/h4-7H2,1-3H3,(H,12,13). The summed E-state index contributed by atoms with van der Waals surface area (Å²) in [5.41, 5.74) is 1.03. The van der Waals surface area contributed by atoms with Crippen molar-refractivity contribution >= 4 is 15.9 Å². The van der Waals surface area contributed by atoms with Crippen LogP contribution in [0.3, 0.4) is 0 Å². The van der Waals surface area contributed by atoms with Crippen LogP contribution in [0.5, 0.6) is 0 Å². The number of nitrogens with zero attached hydrogens (tertiary/aromatic N) is 3. The van der Waals surface area contributed by atoms with E-state index >= 15 is 0 Å². The Labute approximate surface area is 112 Å². The number of piperazine rings is 1. The first-order valence-corrected chi connectivity index (χ1v) is 7.55. The van der Waals surface area contributed by atoms with Gasteiger partial charge in [-0.05, 0) is 13.8 Å². The van der Waals surface area contributed by atoms with E-state index in [4.69, 9.17) is 0 Å². The predicted octanol–water partition coefficient (Wildman–Crippen LogP) is -0.121. The second-order valence-corrected chi connectivity index (χ2v) is 6.55. The van der Waals surface area contributed by atoms with E-state index in [1.807, 2.05) is 0 Å². The molecule has 106 valence electrons. The number of amides is 1. The highest BCUT2D eigenvalue weighted by atomic mass is 32.2. The average molecular weight is 286 g/mol. The number of aromatic nitrogens is 2. The van der Waals surface area contributed by atoms with Crippen LogP contribution in [0, 0.1) is 13.8 Å². The molecule has 0 unspecified atom stereocenters. The Kier molecular flexibility index (Phi) is 3.64. The van der Waals surface area contributed by atoms with Crippen LogP contribution in [-0.4, -0.2) is 59.9 Å². The van der Waals surface area contributed by atoms with E-state index in [-0.39, 0.29) is 10.8 Å². The van der Waals surface area contributed by atoms with Gasteiger partial charge in [0, 0.05) is 33.1 Å². The number of hydrogen-bond acceptors (Lipinski definition) is 4. The number of sulfonamides is 1. The molecule has 1 fully saturated rings. The first-order valence-electron chi connectivity index (χ1n) is 6.11. The van der Waals surface area contributed by atoms with Crippen molar-refractivity contribution < 1.29 is 13.2 Å². The van der Waals surface area contributed by atoms with Crippen molar-refractivity contribution in [3.05, 3.63) is 11.4 Å². The fraction of sp³-hybridized carbons (Fsp3) is 0.636. The van der Waals surface area contributed by atoms with E-state index in [9.17, 15) is 13.2 Å². The monoisotopic (exact) mass is 286 g/mol. The Morgan fingerprint density at radius 2 is 1.79 bits per heavy atom. The highest BCUT2D eigenvalue weighted by Gasteiger charge is 2.32. The molecule has 0 saturated carbocycles. The lowest BCUT2D eigenvalue weighted by Crippen LogP contribution is -2.50. The van der Waals surface area contributed by atoms with Crippen molar-refractivity contribution in [3.8, 4) is 0 Å². The Balaban J connectivity index is 2.21. The summed E-state index contributed by atoms with van der Waals surface area (Å²) in [5.74, 6) is -0.0206. The van der Waals surface area contributed by atoms with Gasteiger partial charge in [0.15, 0.2) is 0 Å². The van der Waals surface area contributed by atoms with Gasteiger partial charge in [0.2, 0.25) is 15.9 Å². The van der Waals surface area contributed by atoms with E-state index in [2.05, 4.69) is 10.2 Å². The maximum Gasteiger partial charge on any atom is 0.246 e.